The van der Waals surface area contributed by atoms with Gasteiger partial charge in [-0.3, -0.25) is 0 Å². The van der Waals surface area contributed by atoms with Crippen LogP contribution in [0.2, 0.25) is 0 Å². The van der Waals surface area contributed by atoms with E-state index in [0.717, 1.165) is 30.8 Å². The molecule has 0 radical (unpaired) electrons. The first-order valence-electron chi connectivity index (χ1n) is 8.54. The lowest BCUT2D eigenvalue weighted by molar-refractivity contribution is 0.134. The molecule has 1 aliphatic rings. The lowest BCUT2D eigenvalue weighted by atomic mass is 9.99. The van der Waals surface area contributed by atoms with Gasteiger partial charge in [0.1, 0.15) is 0 Å². The second-order valence-corrected chi connectivity index (χ2v) is 6.07. The van der Waals surface area contributed by atoms with Gasteiger partial charge in [-0.2, -0.15) is 0 Å². The first kappa shape index (κ1) is 16.5. The van der Waals surface area contributed by atoms with Gasteiger partial charge in [-0.15, -0.1) is 0 Å². The van der Waals surface area contributed by atoms with Gasteiger partial charge in [0.2, 0.25) is 0 Å². The third-order valence-corrected chi connectivity index (χ3v) is 4.47. The molecule has 1 aliphatic heterocycles. The van der Waals surface area contributed by atoms with Crippen molar-refractivity contribution in [3.63, 3.8) is 0 Å². The molecule has 126 valence electrons. The van der Waals surface area contributed by atoms with E-state index < -0.39 is 0 Å². The molecule has 0 unspecified atom stereocenters. The molecule has 0 aliphatic carbocycles. The molecule has 1 saturated heterocycles. The molecule has 3 rings (SSSR count). The second kappa shape index (κ2) is 7.97. The molecule has 1 N–H and O–H groups in total. The Hall–Kier alpha value is -2.33. The molecule has 4 heteroatoms. The van der Waals surface area contributed by atoms with Crippen LogP contribution in [0.3, 0.4) is 0 Å². The van der Waals surface area contributed by atoms with Crippen molar-refractivity contribution in [1.29, 1.82) is 0 Å². The number of hydrogen-bond acceptors (Lipinski definition) is 2. The van der Waals surface area contributed by atoms with Crippen molar-refractivity contribution < 1.29 is 9.53 Å². The molecule has 2 amide bonds. The van der Waals surface area contributed by atoms with E-state index in [2.05, 4.69) is 29.6 Å². The Labute approximate surface area is 143 Å². The molecule has 24 heavy (non-hydrogen) atoms. The lowest BCUT2D eigenvalue weighted by Gasteiger charge is -2.19. The minimum absolute atomic E-state index is 0.0302. The number of likely N-dealkylation sites (tertiary alicyclic amines) is 1. The summed E-state index contributed by atoms with van der Waals surface area (Å²) in [5.74, 6) is 0.426. The highest BCUT2D eigenvalue weighted by molar-refractivity contribution is 5.90. The molecule has 0 saturated carbocycles. The van der Waals surface area contributed by atoms with Crippen molar-refractivity contribution in [3.8, 4) is 0 Å². The lowest BCUT2D eigenvalue weighted by Crippen LogP contribution is -2.33. The molecule has 1 atom stereocenters. The van der Waals surface area contributed by atoms with Crippen LogP contribution in [-0.2, 0) is 11.3 Å². The number of carbonyl (C=O) groups excluding carboxylic acids is 1. The van der Waals surface area contributed by atoms with E-state index in [0.29, 0.717) is 19.1 Å². The maximum atomic E-state index is 12.6. The van der Waals surface area contributed by atoms with Crippen LogP contribution in [0.4, 0.5) is 10.5 Å². The zero-order chi connectivity index (χ0) is 16.8. The number of para-hydroxylation sites is 1. The van der Waals surface area contributed by atoms with Gasteiger partial charge < -0.3 is 15.0 Å². The van der Waals surface area contributed by atoms with Crippen LogP contribution in [0.5, 0.6) is 0 Å². The number of amides is 2. The topological polar surface area (TPSA) is 41.6 Å². The van der Waals surface area contributed by atoms with Gasteiger partial charge in [0, 0.05) is 36.9 Å². The average molecular weight is 324 g/mol. The van der Waals surface area contributed by atoms with Crippen LogP contribution in [0, 0.1) is 0 Å². The summed E-state index contributed by atoms with van der Waals surface area (Å²) in [6.07, 6.45) is 1.01. The number of anilines is 1. The minimum atomic E-state index is -0.0302. The van der Waals surface area contributed by atoms with Crippen molar-refractivity contribution in [2.24, 2.45) is 0 Å². The Balaban J connectivity index is 1.62. The number of carbonyl (C=O) groups is 1. The Kier molecular flexibility index (Phi) is 5.49. The summed E-state index contributed by atoms with van der Waals surface area (Å²) in [6, 6.07) is 18.2. The maximum absolute atomic E-state index is 12.6. The van der Waals surface area contributed by atoms with E-state index in [1.54, 1.807) is 0 Å². The van der Waals surface area contributed by atoms with Gasteiger partial charge in [0.25, 0.3) is 0 Å². The van der Waals surface area contributed by atoms with E-state index in [1.165, 1.54) is 5.56 Å². The van der Waals surface area contributed by atoms with Gasteiger partial charge in [-0.1, -0.05) is 48.5 Å². The van der Waals surface area contributed by atoms with E-state index in [-0.39, 0.29) is 6.03 Å². The Morgan fingerprint density at radius 1 is 1.17 bits per heavy atom. The third-order valence-electron chi connectivity index (χ3n) is 4.47. The van der Waals surface area contributed by atoms with Crippen molar-refractivity contribution in [2.45, 2.75) is 25.9 Å². The van der Waals surface area contributed by atoms with Crippen LogP contribution in [0.15, 0.2) is 54.6 Å². The first-order valence-corrected chi connectivity index (χ1v) is 8.54. The smallest absolute Gasteiger partial charge is 0.321 e. The summed E-state index contributed by atoms with van der Waals surface area (Å²) in [4.78, 5) is 14.5. The summed E-state index contributed by atoms with van der Waals surface area (Å²) >= 11 is 0. The predicted molar refractivity (Wildman–Crippen MR) is 96.2 cm³/mol. The van der Waals surface area contributed by atoms with Gasteiger partial charge in [0.05, 0.1) is 6.61 Å². The summed E-state index contributed by atoms with van der Waals surface area (Å²) in [7, 11) is 0. The molecular formula is C20H24N2O2. The molecule has 1 heterocycles. The fourth-order valence-corrected chi connectivity index (χ4v) is 3.12. The maximum Gasteiger partial charge on any atom is 0.321 e. The van der Waals surface area contributed by atoms with E-state index in [4.69, 9.17) is 4.74 Å². The molecule has 0 spiro atoms. The molecule has 4 nitrogen and oxygen atoms in total. The van der Waals surface area contributed by atoms with Crippen molar-refractivity contribution >= 4 is 11.7 Å². The summed E-state index contributed by atoms with van der Waals surface area (Å²) < 4.78 is 5.48. The molecule has 1 fully saturated rings. The van der Waals surface area contributed by atoms with Crippen molar-refractivity contribution in [3.05, 3.63) is 65.7 Å². The van der Waals surface area contributed by atoms with Gasteiger partial charge in [0.15, 0.2) is 0 Å². The highest BCUT2D eigenvalue weighted by atomic mass is 16.5. The minimum Gasteiger partial charge on any atom is -0.377 e. The van der Waals surface area contributed by atoms with Crippen molar-refractivity contribution in [2.75, 3.05) is 25.0 Å². The van der Waals surface area contributed by atoms with Crippen molar-refractivity contribution in [1.82, 2.24) is 4.90 Å². The zero-order valence-electron chi connectivity index (χ0n) is 14.1. The van der Waals surface area contributed by atoms with Crippen LogP contribution in [-0.4, -0.2) is 30.6 Å². The molecule has 0 aromatic heterocycles. The Morgan fingerprint density at radius 3 is 2.71 bits per heavy atom. The number of rotatable bonds is 5. The largest absolute Gasteiger partial charge is 0.377 e. The zero-order valence-corrected chi connectivity index (χ0v) is 14.1. The average Bonchev–Trinajstić information content (AvgIpc) is 3.12. The number of ether oxygens (including phenoxy) is 1. The van der Waals surface area contributed by atoms with E-state index >= 15 is 0 Å². The standard InChI is InChI=1S/C20H24N2O2/c1-2-24-15-18-10-6-7-11-19(18)21-20(23)22-13-12-17(14-22)16-8-4-3-5-9-16/h3-11,17H,2,12-15H2,1H3,(H,21,23)/t17-/m0/s1. The number of nitrogens with zero attached hydrogens (tertiary/aromatic N) is 1. The quantitative estimate of drug-likeness (QED) is 0.893. The van der Waals surface area contributed by atoms with Crippen LogP contribution < -0.4 is 5.32 Å². The SMILES string of the molecule is CCOCc1ccccc1NC(=O)N1CC[C@H](c2ccccc2)C1. The summed E-state index contributed by atoms with van der Waals surface area (Å²) in [5, 5.41) is 3.04. The summed E-state index contributed by atoms with van der Waals surface area (Å²) in [6.45, 7) is 4.70. The van der Waals surface area contributed by atoms with E-state index in [9.17, 15) is 4.79 Å². The number of nitrogens with one attached hydrogen (secondary N) is 1. The summed E-state index contributed by atoms with van der Waals surface area (Å²) in [5.41, 5.74) is 3.15. The van der Waals surface area contributed by atoms with Crippen LogP contribution in [0.1, 0.15) is 30.4 Å². The Morgan fingerprint density at radius 2 is 1.92 bits per heavy atom. The number of hydrogen-bond donors (Lipinski definition) is 1. The molecule has 2 aromatic carbocycles. The number of urea groups is 1. The second-order valence-electron chi connectivity index (χ2n) is 6.07. The Bertz CT molecular complexity index is 672. The third kappa shape index (κ3) is 3.95. The molecule has 0 bridgehead atoms. The number of benzene rings is 2. The van der Waals surface area contributed by atoms with Gasteiger partial charge in [-0.25, -0.2) is 4.79 Å². The molecular weight excluding hydrogens is 300 g/mol. The highest BCUT2D eigenvalue weighted by Crippen LogP contribution is 2.27. The highest BCUT2D eigenvalue weighted by Gasteiger charge is 2.27. The fourth-order valence-electron chi connectivity index (χ4n) is 3.12. The predicted octanol–water partition coefficient (Wildman–Crippen LogP) is 4.24. The fraction of sp³-hybridized carbons (Fsp3) is 0.350. The molecule has 2 aromatic rings. The van der Waals surface area contributed by atoms with Crippen LogP contribution in [0.25, 0.3) is 0 Å². The van der Waals surface area contributed by atoms with Crippen LogP contribution >= 0.6 is 0 Å². The van der Waals surface area contributed by atoms with E-state index in [1.807, 2.05) is 42.2 Å². The first-order chi connectivity index (χ1) is 11.8. The monoisotopic (exact) mass is 324 g/mol. The van der Waals surface area contributed by atoms with Gasteiger partial charge >= 0.3 is 6.03 Å². The van der Waals surface area contributed by atoms with Gasteiger partial charge in [-0.05, 0) is 25.0 Å². The normalized spacial score (nSPS) is 17.0.